The molecule has 0 aliphatic carbocycles. The van der Waals surface area contributed by atoms with E-state index in [-0.39, 0.29) is 29.9 Å². The fraction of sp³-hybridized carbons (Fsp3) is 0.263. The molecule has 11 heteroatoms. The minimum Gasteiger partial charge on any atom is -0.354 e. The van der Waals surface area contributed by atoms with Gasteiger partial charge in [-0.15, -0.1) is 0 Å². The summed E-state index contributed by atoms with van der Waals surface area (Å²) in [5, 5.41) is 4.59. The van der Waals surface area contributed by atoms with Gasteiger partial charge in [0, 0.05) is 36.0 Å². The Hall–Kier alpha value is -3.24. The Bertz CT molecular complexity index is 920. The van der Waals surface area contributed by atoms with Crippen molar-refractivity contribution in [3.8, 4) is 0 Å². The molecule has 0 bridgehead atoms. The van der Waals surface area contributed by atoms with E-state index >= 15 is 0 Å². The molecule has 3 rings (SSSR count). The zero-order valence-corrected chi connectivity index (χ0v) is 15.6. The Balaban J connectivity index is 0.000000232. The molecule has 1 aliphatic rings. The molecule has 2 N–H and O–H groups in total. The van der Waals surface area contributed by atoms with Gasteiger partial charge in [0.1, 0.15) is 17.5 Å². The Kier molecular flexibility index (Phi) is 7.30. The summed E-state index contributed by atoms with van der Waals surface area (Å²) in [6.45, 7) is 1.39. The van der Waals surface area contributed by atoms with Crippen LogP contribution in [0.25, 0.3) is 0 Å². The SMILES string of the molecule is CCN1C(=O)Nc2ccc(F)cc2C1C(F)(F)F.O=CNCc1ccc(F)cc1F. The second kappa shape index (κ2) is 9.51. The van der Waals surface area contributed by atoms with Crippen molar-refractivity contribution in [1.29, 1.82) is 0 Å². The highest BCUT2D eigenvalue weighted by molar-refractivity contribution is 5.93. The van der Waals surface area contributed by atoms with Crippen LogP contribution < -0.4 is 10.6 Å². The number of urea groups is 1. The zero-order valence-electron chi connectivity index (χ0n) is 15.6. The number of hydrogen-bond acceptors (Lipinski definition) is 2. The number of benzene rings is 2. The maximum atomic E-state index is 13.1. The van der Waals surface area contributed by atoms with Crippen LogP contribution in [-0.4, -0.2) is 30.1 Å². The number of nitrogens with one attached hydrogen (secondary N) is 2. The summed E-state index contributed by atoms with van der Waals surface area (Å²) in [4.78, 5) is 22.0. The van der Waals surface area contributed by atoms with Gasteiger partial charge in [-0.2, -0.15) is 13.2 Å². The molecule has 1 aliphatic heterocycles. The first-order chi connectivity index (χ1) is 14.1. The van der Waals surface area contributed by atoms with Crippen molar-refractivity contribution in [2.75, 3.05) is 11.9 Å². The molecule has 1 atom stereocenters. The molecule has 1 unspecified atom stereocenters. The first-order valence-corrected chi connectivity index (χ1v) is 8.63. The first-order valence-electron chi connectivity index (χ1n) is 8.63. The largest absolute Gasteiger partial charge is 0.413 e. The van der Waals surface area contributed by atoms with Gasteiger partial charge in [0.25, 0.3) is 0 Å². The van der Waals surface area contributed by atoms with E-state index in [0.29, 0.717) is 11.3 Å². The van der Waals surface area contributed by atoms with E-state index in [4.69, 9.17) is 0 Å². The summed E-state index contributed by atoms with van der Waals surface area (Å²) in [5.74, 6) is -2.04. The van der Waals surface area contributed by atoms with E-state index in [9.17, 15) is 35.9 Å². The van der Waals surface area contributed by atoms with Crippen molar-refractivity contribution in [2.45, 2.75) is 25.7 Å². The second-order valence-electron chi connectivity index (χ2n) is 6.13. The average Bonchev–Trinajstić information content (AvgIpc) is 2.66. The summed E-state index contributed by atoms with van der Waals surface area (Å²) in [6, 6.07) is 3.22. The monoisotopic (exact) mass is 433 g/mol. The predicted octanol–water partition coefficient (Wildman–Crippen LogP) is 4.51. The topological polar surface area (TPSA) is 61.4 Å². The lowest BCUT2D eigenvalue weighted by molar-refractivity contribution is -0.178. The van der Waals surface area contributed by atoms with Crippen LogP contribution in [0.4, 0.5) is 36.8 Å². The molecule has 5 nitrogen and oxygen atoms in total. The summed E-state index contributed by atoms with van der Waals surface area (Å²) in [7, 11) is 0. The lowest BCUT2D eigenvalue weighted by atomic mass is 10.00. The summed E-state index contributed by atoms with van der Waals surface area (Å²) in [5.41, 5.74) is -0.0131. The van der Waals surface area contributed by atoms with Crippen LogP contribution in [-0.2, 0) is 11.3 Å². The Morgan fingerprint density at radius 3 is 2.30 bits per heavy atom. The number of halogens is 6. The van der Waals surface area contributed by atoms with E-state index in [2.05, 4.69) is 10.6 Å². The maximum Gasteiger partial charge on any atom is 0.413 e. The zero-order chi connectivity index (χ0) is 22.5. The second-order valence-corrected chi connectivity index (χ2v) is 6.13. The highest BCUT2D eigenvalue weighted by Crippen LogP contribution is 2.43. The van der Waals surface area contributed by atoms with Crippen LogP contribution >= 0.6 is 0 Å². The molecule has 0 radical (unpaired) electrons. The highest BCUT2D eigenvalue weighted by atomic mass is 19.4. The molecule has 0 saturated carbocycles. The molecule has 2 aromatic carbocycles. The number of alkyl halides is 3. The van der Waals surface area contributed by atoms with Gasteiger partial charge in [0.2, 0.25) is 6.41 Å². The molecular weight excluding hydrogens is 416 g/mol. The number of rotatable bonds is 4. The third-order valence-corrected chi connectivity index (χ3v) is 4.16. The minimum atomic E-state index is -4.64. The van der Waals surface area contributed by atoms with Crippen LogP contribution in [0, 0.1) is 17.5 Å². The van der Waals surface area contributed by atoms with Gasteiger partial charge < -0.3 is 15.5 Å². The van der Waals surface area contributed by atoms with Crippen LogP contribution in [0.15, 0.2) is 36.4 Å². The van der Waals surface area contributed by atoms with E-state index in [1.54, 1.807) is 0 Å². The number of carbonyl (C=O) groups is 2. The quantitative estimate of drug-likeness (QED) is 0.551. The van der Waals surface area contributed by atoms with E-state index < -0.39 is 35.7 Å². The fourth-order valence-corrected chi connectivity index (χ4v) is 2.84. The van der Waals surface area contributed by atoms with Crippen molar-refractivity contribution >= 4 is 18.1 Å². The fourth-order valence-electron chi connectivity index (χ4n) is 2.84. The third-order valence-electron chi connectivity index (χ3n) is 4.16. The van der Waals surface area contributed by atoms with Gasteiger partial charge in [-0.05, 0) is 31.2 Å². The lowest BCUT2D eigenvalue weighted by Crippen LogP contribution is -2.47. The van der Waals surface area contributed by atoms with E-state index in [1.807, 2.05) is 0 Å². The molecule has 0 fully saturated rings. The minimum absolute atomic E-state index is 0.00609. The number of carbonyl (C=O) groups excluding carboxylic acids is 2. The molecule has 30 heavy (non-hydrogen) atoms. The standard InChI is InChI=1S/C11H10F4N2O.C8H7F2NO/c1-2-17-9(11(13,14)15)7-5-6(12)3-4-8(7)16-10(17)18;9-7-2-1-6(4-11-5-12)8(10)3-7/h3-5,9H,2H2,1H3,(H,16,18);1-3,5H,4H2,(H,11,12). The molecule has 162 valence electrons. The molecule has 0 saturated heterocycles. The van der Waals surface area contributed by atoms with Crippen molar-refractivity contribution in [1.82, 2.24) is 10.2 Å². The van der Waals surface area contributed by atoms with Gasteiger partial charge in [0.15, 0.2) is 6.04 Å². The number of anilines is 1. The normalized spacial score (nSPS) is 15.5. The van der Waals surface area contributed by atoms with Crippen LogP contribution in [0.2, 0.25) is 0 Å². The maximum absolute atomic E-state index is 13.1. The van der Waals surface area contributed by atoms with Crippen LogP contribution in [0.1, 0.15) is 24.1 Å². The Labute approximate surface area is 167 Å². The number of hydrogen-bond donors (Lipinski definition) is 2. The predicted molar refractivity (Wildman–Crippen MR) is 95.9 cm³/mol. The number of fused-ring (bicyclic) bond motifs is 1. The van der Waals surface area contributed by atoms with Crippen molar-refractivity contribution in [2.24, 2.45) is 0 Å². The van der Waals surface area contributed by atoms with Gasteiger partial charge >= 0.3 is 12.2 Å². The third kappa shape index (κ3) is 5.43. The van der Waals surface area contributed by atoms with Crippen LogP contribution in [0.3, 0.4) is 0 Å². The summed E-state index contributed by atoms with van der Waals surface area (Å²) >= 11 is 0. The van der Waals surface area contributed by atoms with Gasteiger partial charge in [-0.3, -0.25) is 4.79 Å². The van der Waals surface area contributed by atoms with Gasteiger partial charge in [0.05, 0.1) is 0 Å². The van der Waals surface area contributed by atoms with Crippen molar-refractivity contribution in [3.63, 3.8) is 0 Å². The molecule has 0 aromatic heterocycles. The lowest BCUT2D eigenvalue weighted by Gasteiger charge is -2.37. The molecule has 3 amide bonds. The molecule has 1 heterocycles. The number of amides is 3. The summed E-state index contributed by atoms with van der Waals surface area (Å²) < 4.78 is 77.3. The first kappa shape index (κ1) is 23.0. The van der Waals surface area contributed by atoms with Gasteiger partial charge in [-0.25, -0.2) is 18.0 Å². The number of nitrogens with zero attached hydrogens (tertiary/aromatic N) is 1. The Morgan fingerprint density at radius 2 is 1.73 bits per heavy atom. The smallest absolute Gasteiger partial charge is 0.354 e. The van der Waals surface area contributed by atoms with Gasteiger partial charge in [-0.1, -0.05) is 6.07 Å². The molecular formula is C19H17F6N3O2. The highest BCUT2D eigenvalue weighted by Gasteiger charge is 2.49. The summed E-state index contributed by atoms with van der Waals surface area (Å²) in [6.07, 6.45) is -4.18. The average molecular weight is 433 g/mol. The van der Waals surface area contributed by atoms with E-state index in [0.717, 1.165) is 30.3 Å². The Morgan fingerprint density at radius 1 is 1.10 bits per heavy atom. The van der Waals surface area contributed by atoms with Crippen molar-refractivity contribution < 1.29 is 35.9 Å². The van der Waals surface area contributed by atoms with Crippen molar-refractivity contribution in [3.05, 3.63) is 65.0 Å². The van der Waals surface area contributed by atoms with Crippen LogP contribution in [0.5, 0.6) is 0 Å². The van der Waals surface area contributed by atoms with E-state index in [1.165, 1.54) is 13.0 Å². The molecule has 0 spiro atoms. The molecule has 2 aromatic rings.